The predicted octanol–water partition coefficient (Wildman–Crippen LogP) is 4.42. The van der Waals surface area contributed by atoms with Crippen LogP contribution in [-0.2, 0) is 12.0 Å². The van der Waals surface area contributed by atoms with Gasteiger partial charge in [0, 0.05) is 4.88 Å². The average molecular weight is 280 g/mol. The van der Waals surface area contributed by atoms with Gasteiger partial charge in [-0.3, -0.25) is 0 Å². The van der Waals surface area contributed by atoms with Crippen LogP contribution in [0.5, 0.6) is 0 Å². The lowest BCUT2D eigenvalue weighted by Crippen LogP contribution is -2.42. The van der Waals surface area contributed by atoms with E-state index in [1.54, 1.807) is 0 Å². The van der Waals surface area contributed by atoms with Gasteiger partial charge in [0.2, 0.25) is 0 Å². The van der Waals surface area contributed by atoms with Crippen LogP contribution in [-0.4, -0.2) is 11.5 Å². The predicted molar refractivity (Wildman–Crippen MR) is 83.8 cm³/mol. The molecule has 2 nitrogen and oxygen atoms in total. The van der Waals surface area contributed by atoms with Gasteiger partial charge < -0.3 is 5.32 Å². The highest BCUT2D eigenvalue weighted by molar-refractivity contribution is 7.11. The Morgan fingerprint density at radius 1 is 1.37 bits per heavy atom. The molecule has 0 bridgehead atoms. The lowest BCUT2D eigenvalue weighted by molar-refractivity contribution is 0.203. The Kier molecular flexibility index (Phi) is 5.02. The minimum absolute atomic E-state index is 0.0872. The Morgan fingerprint density at radius 3 is 2.58 bits per heavy atom. The monoisotopic (exact) mass is 280 g/mol. The van der Waals surface area contributed by atoms with Crippen LogP contribution in [0.15, 0.2) is 0 Å². The molecule has 1 heterocycles. The highest BCUT2D eigenvalue weighted by Gasteiger charge is 2.34. The van der Waals surface area contributed by atoms with Crippen LogP contribution in [0, 0.1) is 12.8 Å². The van der Waals surface area contributed by atoms with E-state index in [0.717, 1.165) is 18.9 Å². The van der Waals surface area contributed by atoms with E-state index in [4.69, 9.17) is 4.98 Å². The highest BCUT2D eigenvalue weighted by Crippen LogP contribution is 2.39. The third-order valence-electron chi connectivity index (χ3n) is 4.39. The van der Waals surface area contributed by atoms with E-state index in [-0.39, 0.29) is 5.54 Å². The van der Waals surface area contributed by atoms with Crippen LogP contribution < -0.4 is 5.32 Å². The van der Waals surface area contributed by atoms with E-state index in [9.17, 15) is 0 Å². The number of hydrogen-bond acceptors (Lipinski definition) is 3. The Balaban J connectivity index is 2.18. The first-order chi connectivity index (χ1) is 9.09. The van der Waals surface area contributed by atoms with Crippen molar-refractivity contribution < 1.29 is 0 Å². The third-order valence-corrected chi connectivity index (χ3v) is 5.66. The van der Waals surface area contributed by atoms with E-state index in [1.807, 2.05) is 11.3 Å². The first-order valence-electron chi connectivity index (χ1n) is 7.81. The van der Waals surface area contributed by atoms with Gasteiger partial charge in [0.05, 0.1) is 11.2 Å². The summed E-state index contributed by atoms with van der Waals surface area (Å²) in [6.07, 6.45) is 7.73. The molecular weight excluding hydrogens is 252 g/mol. The second-order valence-corrected chi connectivity index (χ2v) is 7.34. The molecule has 0 aliphatic heterocycles. The van der Waals surface area contributed by atoms with Crippen molar-refractivity contribution in [1.82, 2.24) is 10.3 Å². The number of thiazole rings is 1. The van der Waals surface area contributed by atoms with E-state index < -0.39 is 0 Å². The number of nitrogens with zero attached hydrogens (tertiary/aromatic N) is 1. The van der Waals surface area contributed by atoms with Crippen molar-refractivity contribution in [2.45, 2.75) is 71.8 Å². The molecule has 0 spiro atoms. The van der Waals surface area contributed by atoms with Gasteiger partial charge in [-0.15, -0.1) is 11.3 Å². The molecule has 1 N–H and O–H groups in total. The molecule has 1 aliphatic rings. The maximum Gasteiger partial charge on any atom is 0.113 e. The number of aromatic nitrogens is 1. The molecule has 108 valence electrons. The zero-order valence-corrected chi connectivity index (χ0v) is 13.7. The maximum atomic E-state index is 4.92. The summed E-state index contributed by atoms with van der Waals surface area (Å²) in [4.78, 5) is 6.32. The molecule has 0 radical (unpaired) electrons. The fourth-order valence-electron chi connectivity index (χ4n) is 2.90. The first-order valence-corrected chi connectivity index (χ1v) is 8.62. The van der Waals surface area contributed by atoms with Crippen molar-refractivity contribution in [2.24, 2.45) is 5.92 Å². The van der Waals surface area contributed by atoms with Crippen LogP contribution in [0.1, 0.15) is 68.5 Å². The van der Waals surface area contributed by atoms with Gasteiger partial charge in [0.25, 0.3) is 0 Å². The second-order valence-electron chi connectivity index (χ2n) is 6.14. The number of rotatable bonds is 7. The second kappa shape index (κ2) is 6.36. The molecule has 0 aromatic carbocycles. The van der Waals surface area contributed by atoms with E-state index in [0.29, 0.717) is 0 Å². The molecule has 1 saturated carbocycles. The van der Waals surface area contributed by atoms with Gasteiger partial charge in [-0.2, -0.15) is 0 Å². The smallest absolute Gasteiger partial charge is 0.113 e. The highest BCUT2D eigenvalue weighted by atomic mass is 32.1. The molecule has 1 aliphatic carbocycles. The Hall–Kier alpha value is -0.410. The summed E-state index contributed by atoms with van der Waals surface area (Å²) in [5.74, 6) is 0.906. The van der Waals surface area contributed by atoms with Crippen molar-refractivity contribution in [3.63, 3.8) is 0 Å². The summed E-state index contributed by atoms with van der Waals surface area (Å²) in [5, 5.41) is 5.08. The molecule has 1 unspecified atom stereocenters. The van der Waals surface area contributed by atoms with Crippen LogP contribution in [0.25, 0.3) is 0 Å². The van der Waals surface area contributed by atoms with Gasteiger partial charge in [0.1, 0.15) is 5.01 Å². The van der Waals surface area contributed by atoms with Crippen LogP contribution >= 0.6 is 11.3 Å². The average Bonchev–Trinajstić information content (AvgIpc) is 2.73. The van der Waals surface area contributed by atoms with Crippen LogP contribution in [0.4, 0.5) is 0 Å². The third kappa shape index (κ3) is 3.38. The summed E-state index contributed by atoms with van der Waals surface area (Å²) in [6, 6.07) is 0. The number of hydrogen-bond donors (Lipinski definition) is 1. The molecule has 3 heteroatoms. The zero-order chi connectivity index (χ0) is 13.9. The van der Waals surface area contributed by atoms with Gasteiger partial charge in [0.15, 0.2) is 0 Å². The van der Waals surface area contributed by atoms with Crippen molar-refractivity contribution in [3.05, 3.63) is 15.6 Å². The summed E-state index contributed by atoms with van der Waals surface area (Å²) in [5.41, 5.74) is 1.38. The topological polar surface area (TPSA) is 24.9 Å². The van der Waals surface area contributed by atoms with Crippen molar-refractivity contribution in [2.75, 3.05) is 6.54 Å². The van der Waals surface area contributed by atoms with Crippen molar-refractivity contribution >= 4 is 11.3 Å². The normalized spacial score (nSPS) is 19.2. The van der Waals surface area contributed by atoms with Gasteiger partial charge in [-0.25, -0.2) is 4.98 Å². The zero-order valence-electron chi connectivity index (χ0n) is 12.9. The summed E-state index contributed by atoms with van der Waals surface area (Å²) in [7, 11) is 0. The molecule has 2 rings (SSSR count). The SMILES string of the molecule is CCCNC(C)(CC1CCC1)c1nc(CC)c(C)s1. The largest absolute Gasteiger partial charge is 0.306 e. The van der Waals surface area contributed by atoms with E-state index in [2.05, 4.69) is 33.0 Å². The molecular formula is C16H28N2S. The van der Waals surface area contributed by atoms with Gasteiger partial charge in [-0.05, 0) is 45.6 Å². The standard InChI is InChI=1S/C16H28N2S/c1-5-10-17-16(4,11-13-8-7-9-13)15-18-14(6-2)12(3)19-15/h13,17H,5-11H2,1-4H3. The minimum atomic E-state index is 0.0872. The molecule has 19 heavy (non-hydrogen) atoms. The summed E-state index contributed by atoms with van der Waals surface area (Å²) in [6.45, 7) is 10.1. The van der Waals surface area contributed by atoms with Crippen molar-refractivity contribution in [1.29, 1.82) is 0 Å². The number of aryl methyl sites for hydroxylation is 2. The summed E-state index contributed by atoms with van der Waals surface area (Å²) < 4.78 is 0. The summed E-state index contributed by atoms with van der Waals surface area (Å²) >= 11 is 1.90. The molecule has 1 atom stereocenters. The fraction of sp³-hybridized carbons (Fsp3) is 0.812. The Morgan fingerprint density at radius 2 is 2.11 bits per heavy atom. The number of nitrogens with one attached hydrogen (secondary N) is 1. The van der Waals surface area contributed by atoms with Gasteiger partial charge in [-0.1, -0.05) is 33.1 Å². The Bertz CT molecular complexity index is 409. The lowest BCUT2D eigenvalue weighted by Gasteiger charge is -2.36. The van der Waals surface area contributed by atoms with Crippen molar-refractivity contribution in [3.8, 4) is 0 Å². The quantitative estimate of drug-likeness (QED) is 0.800. The molecule has 0 amide bonds. The first kappa shape index (κ1) is 15.0. The minimum Gasteiger partial charge on any atom is -0.306 e. The molecule has 1 aromatic rings. The Labute approximate surface area is 122 Å². The lowest BCUT2D eigenvalue weighted by atomic mass is 9.76. The van der Waals surface area contributed by atoms with Crippen LogP contribution in [0.3, 0.4) is 0 Å². The van der Waals surface area contributed by atoms with Gasteiger partial charge >= 0.3 is 0 Å². The fourth-order valence-corrected chi connectivity index (χ4v) is 4.04. The molecule has 1 aromatic heterocycles. The van der Waals surface area contributed by atoms with E-state index in [1.165, 1.54) is 47.7 Å². The molecule has 1 fully saturated rings. The van der Waals surface area contributed by atoms with E-state index >= 15 is 0 Å². The molecule has 0 saturated heterocycles. The maximum absolute atomic E-state index is 4.92. The van der Waals surface area contributed by atoms with Crippen LogP contribution in [0.2, 0.25) is 0 Å².